The molecule has 0 saturated carbocycles. The lowest BCUT2D eigenvalue weighted by Gasteiger charge is -2.11. The standard InChI is InChI=1S/C25H15Br2FN2O4/c26-18-8-17(23(21(27)12-18)34-25(33)16-6-3-7-19(28)9-16)13-29-30-24(32)20-10-14-4-1-2-5-15(14)11-22(20)31/h1-13,31H,(H,30,32). The van der Waals surface area contributed by atoms with Gasteiger partial charge in [0, 0.05) is 10.0 Å². The number of ether oxygens (including phenoxy) is 1. The molecule has 9 heteroatoms. The molecule has 0 radical (unpaired) electrons. The highest BCUT2D eigenvalue weighted by atomic mass is 79.9. The van der Waals surface area contributed by atoms with E-state index < -0.39 is 17.7 Å². The lowest BCUT2D eigenvalue weighted by Crippen LogP contribution is -2.18. The second-order valence-electron chi connectivity index (χ2n) is 7.12. The van der Waals surface area contributed by atoms with Crippen LogP contribution in [-0.4, -0.2) is 23.2 Å². The van der Waals surface area contributed by atoms with Gasteiger partial charge in [-0.05, 0) is 69.2 Å². The van der Waals surface area contributed by atoms with Crippen LogP contribution in [0, 0.1) is 5.82 Å². The van der Waals surface area contributed by atoms with E-state index in [0.29, 0.717) is 14.5 Å². The van der Waals surface area contributed by atoms with Gasteiger partial charge in [-0.3, -0.25) is 4.79 Å². The van der Waals surface area contributed by atoms with Gasteiger partial charge >= 0.3 is 5.97 Å². The largest absolute Gasteiger partial charge is 0.507 e. The van der Waals surface area contributed by atoms with Crippen LogP contribution in [0.5, 0.6) is 11.5 Å². The Labute approximate surface area is 210 Å². The normalized spacial score (nSPS) is 11.0. The number of hydrogen-bond acceptors (Lipinski definition) is 5. The van der Waals surface area contributed by atoms with Crippen LogP contribution in [0.2, 0.25) is 0 Å². The van der Waals surface area contributed by atoms with Crippen LogP contribution in [0.1, 0.15) is 26.3 Å². The highest BCUT2D eigenvalue weighted by Crippen LogP contribution is 2.33. The van der Waals surface area contributed by atoms with E-state index >= 15 is 0 Å². The zero-order valence-electron chi connectivity index (χ0n) is 17.3. The number of halogens is 3. The molecule has 4 aromatic rings. The van der Waals surface area contributed by atoms with E-state index in [1.54, 1.807) is 18.2 Å². The molecule has 1 amide bonds. The molecule has 0 saturated heterocycles. The maximum absolute atomic E-state index is 13.5. The Morgan fingerprint density at radius 1 is 0.971 bits per heavy atom. The highest BCUT2D eigenvalue weighted by Gasteiger charge is 2.16. The number of esters is 1. The summed E-state index contributed by atoms with van der Waals surface area (Å²) in [5.74, 6) is -2.00. The molecule has 4 aromatic carbocycles. The molecule has 6 nitrogen and oxygen atoms in total. The average Bonchev–Trinajstić information content (AvgIpc) is 2.80. The number of aromatic hydroxyl groups is 1. The maximum Gasteiger partial charge on any atom is 0.343 e. The molecule has 2 N–H and O–H groups in total. The summed E-state index contributed by atoms with van der Waals surface area (Å²) < 4.78 is 20.0. The number of hydrogen-bond donors (Lipinski definition) is 2. The molecule has 0 aliphatic heterocycles. The van der Waals surface area contributed by atoms with Crippen molar-refractivity contribution in [3.8, 4) is 11.5 Å². The fourth-order valence-electron chi connectivity index (χ4n) is 3.18. The Balaban J connectivity index is 1.56. The third-order valence-electron chi connectivity index (χ3n) is 4.77. The number of phenolic OH excluding ortho intramolecular Hbond substituents is 1. The van der Waals surface area contributed by atoms with E-state index in [0.717, 1.165) is 16.8 Å². The van der Waals surface area contributed by atoms with Gasteiger partial charge in [-0.15, -0.1) is 0 Å². The Morgan fingerprint density at radius 3 is 2.44 bits per heavy atom. The van der Waals surface area contributed by atoms with E-state index in [-0.39, 0.29) is 22.6 Å². The minimum atomic E-state index is -0.762. The van der Waals surface area contributed by atoms with Crippen molar-refractivity contribution in [3.63, 3.8) is 0 Å². The summed E-state index contributed by atoms with van der Waals surface area (Å²) in [5.41, 5.74) is 2.82. The zero-order valence-corrected chi connectivity index (χ0v) is 20.4. The van der Waals surface area contributed by atoms with Crippen LogP contribution in [0.15, 0.2) is 86.8 Å². The fourth-order valence-corrected chi connectivity index (χ4v) is 4.52. The lowest BCUT2D eigenvalue weighted by atomic mass is 10.1. The Kier molecular flexibility index (Phi) is 7.04. The number of carbonyl (C=O) groups excluding carboxylic acids is 2. The minimum Gasteiger partial charge on any atom is -0.507 e. The highest BCUT2D eigenvalue weighted by molar-refractivity contribution is 9.11. The number of rotatable bonds is 5. The van der Waals surface area contributed by atoms with Crippen molar-refractivity contribution in [1.82, 2.24) is 5.43 Å². The van der Waals surface area contributed by atoms with Gasteiger partial charge in [0.25, 0.3) is 5.91 Å². The molecule has 0 fully saturated rings. The molecular formula is C25H15Br2FN2O4. The summed E-state index contributed by atoms with van der Waals surface area (Å²) >= 11 is 6.70. The van der Waals surface area contributed by atoms with Crippen LogP contribution in [0.25, 0.3) is 10.8 Å². The monoisotopic (exact) mass is 584 g/mol. The van der Waals surface area contributed by atoms with E-state index in [1.807, 2.05) is 24.3 Å². The first kappa shape index (κ1) is 23.6. The summed E-state index contributed by atoms with van der Waals surface area (Å²) in [5, 5.41) is 15.8. The van der Waals surface area contributed by atoms with Gasteiger partial charge in [-0.25, -0.2) is 14.6 Å². The van der Waals surface area contributed by atoms with Gasteiger partial charge in [0.15, 0.2) is 5.75 Å². The number of nitrogens with one attached hydrogen (secondary N) is 1. The number of hydrazone groups is 1. The number of benzene rings is 4. The molecule has 4 rings (SSSR count). The van der Waals surface area contributed by atoms with Crippen LogP contribution in [0.4, 0.5) is 4.39 Å². The molecule has 0 aliphatic carbocycles. The summed E-state index contributed by atoms with van der Waals surface area (Å²) in [4.78, 5) is 25.1. The maximum atomic E-state index is 13.5. The summed E-state index contributed by atoms with van der Waals surface area (Å²) in [6.45, 7) is 0. The summed E-state index contributed by atoms with van der Waals surface area (Å²) in [7, 11) is 0. The van der Waals surface area contributed by atoms with Crippen molar-refractivity contribution >= 4 is 60.7 Å². The molecule has 0 heterocycles. The number of fused-ring (bicyclic) bond motifs is 1. The SMILES string of the molecule is O=C(Oc1c(Br)cc(Br)cc1C=NNC(=O)c1cc2ccccc2cc1O)c1cccc(F)c1. The Hall–Kier alpha value is -3.56. The first-order valence-corrected chi connectivity index (χ1v) is 11.4. The summed E-state index contributed by atoms with van der Waals surface area (Å²) in [6, 6.07) is 18.8. The topological polar surface area (TPSA) is 88.0 Å². The van der Waals surface area contributed by atoms with Gasteiger partial charge in [0.1, 0.15) is 11.6 Å². The quantitative estimate of drug-likeness (QED) is 0.126. The van der Waals surface area contributed by atoms with Crippen LogP contribution in [-0.2, 0) is 0 Å². The second kappa shape index (κ2) is 10.1. The first-order valence-electron chi connectivity index (χ1n) is 9.84. The molecule has 0 unspecified atom stereocenters. The zero-order chi connectivity index (χ0) is 24.2. The van der Waals surface area contributed by atoms with Gasteiger partial charge in [0.2, 0.25) is 0 Å². The second-order valence-corrected chi connectivity index (χ2v) is 8.89. The van der Waals surface area contributed by atoms with Gasteiger partial charge < -0.3 is 9.84 Å². The lowest BCUT2D eigenvalue weighted by molar-refractivity contribution is 0.0732. The third kappa shape index (κ3) is 5.32. The fraction of sp³-hybridized carbons (Fsp3) is 0. The number of amides is 1. The molecule has 0 bridgehead atoms. The van der Waals surface area contributed by atoms with Crippen LogP contribution < -0.4 is 10.2 Å². The molecule has 0 aromatic heterocycles. The van der Waals surface area contributed by atoms with E-state index in [2.05, 4.69) is 42.4 Å². The van der Waals surface area contributed by atoms with E-state index in [4.69, 9.17) is 4.74 Å². The van der Waals surface area contributed by atoms with Crippen molar-refractivity contribution in [1.29, 1.82) is 0 Å². The number of nitrogens with zero attached hydrogens (tertiary/aromatic N) is 1. The smallest absolute Gasteiger partial charge is 0.343 e. The molecule has 0 aliphatic rings. The van der Waals surface area contributed by atoms with E-state index in [1.165, 1.54) is 30.5 Å². The van der Waals surface area contributed by atoms with Gasteiger partial charge in [-0.2, -0.15) is 5.10 Å². The predicted molar refractivity (Wildman–Crippen MR) is 134 cm³/mol. The molecular weight excluding hydrogens is 571 g/mol. The Morgan fingerprint density at radius 2 is 1.71 bits per heavy atom. The van der Waals surface area contributed by atoms with Crippen molar-refractivity contribution in [3.05, 3.63) is 104 Å². The van der Waals surface area contributed by atoms with Gasteiger partial charge in [0.05, 0.1) is 21.8 Å². The molecule has 170 valence electrons. The summed E-state index contributed by atoms with van der Waals surface area (Å²) in [6.07, 6.45) is 1.29. The molecule has 0 spiro atoms. The Bertz CT molecular complexity index is 1460. The average molecular weight is 586 g/mol. The van der Waals surface area contributed by atoms with Crippen molar-refractivity contribution < 1.29 is 23.8 Å². The predicted octanol–water partition coefficient (Wildman–Crippen LogP) is 6.19. The number of phenols is 1. The van der Waals surface area contributed by atoms with Crippen molar-refractivity contribution in [2.45, 2.75) is 0 Å². The van der Waals surface area contributed by atoms with Crippen LogP contribution in [0.3, 0.4) is 0 Å². The van der Waals surface area contributed by atoms with Crippen LogP contribution >= 0.6 is 31.9 Å². The minimum absolute atomic E-state index is 0.0396. The van der Waals surface area contributed by atoms with Crippen molar-refractivity contribution in [2.75, 3.05) is 0 Å². The molecule has 34 heavy (non-hydrogen) atoms. The number of carbonyl (C=O) groups is 2. The third-order valence-corrected chi connectivity index (χ3v) is 5.82. The first-order chi connectivity index (χ1) is 16.3. The van der Waals surface area contributed by atoms with Gasteiger partial charge in [-0.1, -0.05) is 46.3 Å². The van der Waals surface area contributed by atoms with Crippen molar-refractivity contribution in [2.24, 2.45) is 5.10 Å². The van der Waals surface area contributed by atoms with E-state index in [9.17, 15) is 19.1 Å². The molecule has 0 atom stereocenters.